The van der Waals surface area contributed by atoms with Crippen LogP contribution in [0.3, 0.4) is 0 Å². The zero-order valence-corrected chi connectivity index (χ0v) is 14.3. The second kappa shape index (κ2) is 13.2. The summed E-state index contributed by atoms with van der Waals surface area (Å²) in [6.45, 7) is 10.5. The Balaban J connectivity index is 0.000000296. The minimum atomic E-state index is 1.14. The lowest BCUT2D eigenvalue weighted by atomic mass is 10.2. The molecule has 0 amide bonds. The molecule has 0 bridgehead atoms. The van der Waals surface area contributed by atoms with Gasteiger partial charge in [-0.25, -0.2) is 0 Å². The van der Waals surface area contributed by atoms with Crippen molar-refractivity contribution >= 4 is 0 Å². The quantitative estimate of drug-likeness (QED) is 0.554. The highest BCUT2D eigenvalue weighted by Crippen LogP contribution is 1.97. The Kier molecular flexibility index (Phi) is 12.0. The number of rotatable bonds is 2. The van der Waals surface area contributed by atoms with Gasteiger partial charge in [-0.1, -0.05) is 86.2 Å². The molecule has 2 rings (SSSR count). The molecule has 0 saturated carbocycles. The minimum Gasteiger partial charge on any atom is -0.0890 e. The first-order valence-corrected chi connectivity index (χ1v) is 7.81. The Morgan fingerprint density at radius 2 is 1.00 bits per heavy atom. The predicted octanol–water partition coefficient (Wildman–Crippen LogP) is 6.47. The molecule has 0 N–H and O–H groups in total. The largest absolute Gasteiger partial charge is 0.0890 e. The molecule has 0 saturated heterocycles. The predicted molar refractivity (Wildman–Crippen MR) is 96.7 cm³/mol. The maximum Gasteiger partial charge on any atom is -0.0307 e. The molecule has 0 fully saturated rings. The fourth-order valence-corrected chi connectivity index (χ4v) is 1.43. The molecule has 0 nitrogen and oxygen atoms in total. The van der Waals surface area contributed by atoms with Crippen molar-refractivity contribution in [2.24, 2.45) is 0 Å². The molecule has 2 aromatic carbocycles. The molecule has 0 aromatic heterocycles. The van der Waals surface area contributed by atoms with Crippen molar-refractivity contribution < 1.29 is 0 Å². The fourth-order valence-electron chi connectivity index (χ4n) is 1.43. The lowest BCUT2D eigenvalue weighted by molar-refractivity contribution is 1.14. The molecule has 0 heterocycles. The second-order valence-corrected chi connectivity index (χ2v) is 5.04. The van der Waals surface area contributed by atoms with E-state index in [1.807, 2.05) is 19.1 Å². The summed E-state index contributed by atoms with van der Waals surface area (Å²) in [4.78, 5) is 0. The molecule has 0 aliphatic heterocycles. The van der Waals surface area contributed by atoms with Crippen LogP contribution in [0.2, 0.25) is 0 Å². The SMILES string of the molecule is CC=C(C)C.CCc1ccccc1.CCc1ccccc1. The van der Waals surface area contributed by atoms with Crippen molar-refractivity contribution in [2.45, 2.75) is 47.5 Å². The van der Waals surface area contributed by atoms with E-state index in [-0.39, 0.29) is 0 Å². The molecular weight excluding hydrogens is 252 g/mol. The Labute approximate surface area is 131 Å². The first kappa shape index (κ1) is 19.2. The third-order valence-corrected chi connectivity index (χ3v) is 3.08. The third kappa shape index (κ3) is 11.7. The van der Waals surface area contributed by atoms with Gasteiger partial charge in [0.25, 0.3) is 0 Å². The van der Waals surface area contributed by atoms with Crippen LogP contribution in [0.4, 0.5) is 0 Å². The van der Waals surface area contributed by atoms with Gasteiger partial charge >= 0.3 is 0 Å². The van der Waals surface area contributed by atoms with Crippen molar-refractivity contribution in [1.29, 1.82) is 0 Å². The van der Waals surface area contributed by atoms with Crippen LogP contribution in [0.15, 0.2) is 72.3 Å². The Morgan fingerprint density at radius 3 is 1.14 bits per heavy atom. The summed E-state index contributed by atoms with van der Waals surface area (Å²) >= 11 is 0. The van der Waals surface area contributed by atoms with Crippen molar-refractivity contribution in [3.05, 3.63) is 83.4 Å². The zero-order chi connectivity index (χ0) is 15.9. The summed E-state index contributed by atoms with van der Waals surface area (Å²) < 4.78 is 0. The van der Waals surface area contributed by atoms with Crippen LogP contribution >= 0.6 is 0 Å². The van der Waals surface area contributed by atoms with E-state index in [4.69, 9.17) is 0 Å². The van der Waals surface area contributed by atoms with Crippen LogP contribution in [-0.4, -0.2) is 0 Å². The van der Waals surface area contributed by atoms with Gasteiger partial charge in [0.15, 0.2) is 0 Å². The zero-order valence-electron chi connectivity index (χ0n) is 14.3. The summed E-state index contributed by atoms with van der Waals surface area (Å²) in [5, 5.41) is 0. The van der Waals surface area contributed by atoms with E-state index in [9.17, 15) is 0 Å². The number of allylic oxidation sites excluding steroid dienone is 2. The number of benzene rings is 2. The molecule has 0 aliphatic rings. The molecule has 0 spiro atoms. The lowest BCUT2D eigenvalue weighted by Gasteiger charge is -1.89. The number of aryl methyl sites for hydroxylation is 2. The normalized spacial score (nSPS) is 8.62. The molecule has 0 radical (unpaired) electrons. The van der Waals surface area contributed by atoms with Gasteiger partial charge in [-0.2, -0.15) is 0 Å². The highest BCUT2D eigenvalue weighted by Gasteiger charge is 1.80. The van der Waals surface area contributed by atoms with Crippen LogP contribution < -0.4 is 0 Å². The molecular formula is C21H30. The van der Waals surface area contributed by atoms with Gasteiger partial charge in [0.2, 0.25) is 0 Å². The van der Waals surface area contributed by atoms with E-state index < -0.39 is 0 Å². The summed E-state index contributed by atoms with van der Waals surface area (Å²) in [6, 6.07) is 20.9. The first-order valence-electron chi connectivity index (χ1n) is 7.81. The van der Waals surface area contributed by atoms with Gasteiger partial charge in [0, 0.05) is 0 Å². The first-order chi connectivity index (χ1) is 10.1. The van der Waals surface area contributed by atoms with E-state index in [2.05, 4.69) is 82.3 Å². The molecule has 0 heteroatoms. The van der Waals surface area contributed by atoms with Crippen LogP contribution in [0.5, 0.6) is 0 Å². The molecule has 114 valence electrons. The van der Waals surface area contributed by atoms with Gasteiger partial charge in [-0.15, -0.1) is 0 Å². The van der Waals surface area contributed by atoms with Gasteiger partial charge in [-0.3, -0.25) is 0 Å². The van der Waals surface area contributed by atoms with E-state index in [0.29, 0.717) is 0 Å². The van der Waals surface area contributed by atoms with Crippen molar-refractivity contribution in [3.8, 4) is 0 Å². The van der Waals surface area contributed by atoms with E-state index in [1.165, 1.54) is 16.7 Å². The van der Waals surface area contributed by atoms with E-state index in [0.717, 1.165) is 12.8 Å². The van der Waals surface area contributed by atoms with Gasteiger partial charge in [0.05, 0.1) is 0 Å². The standard InChI is InChI=1S/2C8H10.C5H10/c2*1-2-8-6-4-3-5-7-8;1-4-5(2)3/h2*3-7H,2H2,1H3;4H,1-3H3. The summed E-state index contributed by atoms with van der Waals surface area (Å²) in [5.41, 5.74) is 4.20. The van der Waals surface area contributed by atoms with Crippen molar-refractivity contribution in [1.82, 2.24) is 0 Å². The summed E-state index contributed by atoms with van der Waals surface area (Å²) in [6.07, 6.45) is 4.36. The van der Waals surface area contributed by atoms with Crippen molar-refractivity contribution in [3.63, 3.8) is 0 Å². The highest BCUT2D eigenvalue weighted by molar-refractivity contribution is 5.14. The van der Waals surface area contributed by atoms with E-state index >= 15 is 0 Å². The van der Waals surface area contributed by atoms with Crippen LogP contribution in [0, 0.1) is 0 Å². The molecule has 0 aliphatic carbocycles. The Bertz CT molecular complexity index is 422. The topological polar surface area (TPSA) is 0 Å². The Morgan fingerprint density at radius 1 is 0.714 bits per heavy atom. The molecule has 2 aromatic rings. The molecule has 21 heavy (non-hydrogen) atoms. The monoisotopic (exact) mass is 282 g/mol. The van der Waals surface area contributed by atoms with Crippen LogP contribution in [0.25, 0.3) is 0 Å². The van der Waals surface area contributed by atoms with Gasteiger partial charge in [-0.05, 0) is 44.7 Å². The summed E-state index contributed by atoms with van der Waals surface area (Å²) in [7, 11) is 0. The average Bonchev–Trinajstić information content (AvgIpc) is 2.57. The molecule has 0 atom stereocenters. The van der Waals surface area contributed by atoms with Gasteiger partial charge in [0.1, 0.15) is 0 Å². The van der Waals surface area contributed by atoms with Gasteiger partial charge < -0.3 is 0 Å². The summed E-state index contributed by atoms with van der Waals surface area (Å²) in [5.74, 6) is 0. The molecule has 0 unspecified atom stereocenters. The van der Waals surface area contributed by atoms with Crippen LogP contribution in [0.1, 0.15) is 45.7 Å². The third-order valence-electron chi connectivity index (χ3n) is 3.08. The van der Waals surface area contributed by atoms with Crippen LogP contribution in [-0.2, 0) is 12.8 Å². The number of hydrogen-bond donors (Lipinski definition) is 0. The number of hydrogen-bond acceptors (Lipinski definition) is 0. The second-order valence-electron chi connectivity index (χ2n) is 5.04. The maximum absolute atomic E-state index is 2.16. The minimum absolute atomic E-state index is 1.14. The van der Waals surface area contributed by atoms with E-state index in [1.54, 1.807) is 0 Å². The van der Waals surface area contributed by atoms with Crippen molar-refractivity contribution in [2.75, 3.05) is 0 Å². The fraction of sp³-hybridized carbons (Fsp3) is 0.333. The highest BCUT2D eigenvalue weighted by atomic mass is 13.9. The Hall–Kier alpha value is -1.82. The smallest absolute Gasteiger partial charge is 0.0307 e. The lowest BCUT2D eigenvalue weighted by Crippen LogP contribution is -1.73. The average molecular weight is 282 g/mol. The maximum atomic E-state index is 2.16.